The molecule has 0 radical (unpaired) electrons. The smallest absolute Gasteiger partial charge is 0.209 e. The summed E-state index contributed by atoms with van der Waals surface area (Å²) >= 11 is 0. The standard InChI is InChI=1S/C14H25NO6S2/c16-12-15(13-4-8-22(17,18)10-13)6-2-1-3-7-21-14-5-9-23(19,20)11-14/h12-14H,1-11H2. The molecular weight excluding hydrogens is 342 g/mol. The van der Waals surface area contributed by atoms with Gasteiger partial charge >= 0.3 is 0 Å². The van der Waals surface area contributed by atoms with E-state index in [1.54, 1.807) is 4.90 Å². The molecular formula is C14H25NO6S2. The number of ether oxygens (including phenoxy) is 1. The number of nitrogens with zero attached hydrogens (tertiary/aromatic N) is 1. The summed E-state index contributed by atoms with van der Waals surface area (Å²) in [6.45, 7) is 1.08. The first kappa shape index (κ1) is 18.7. The van der Waals surface area contributed by atoms with Gasteiger partial charge in [0.2, 0.25) is 6.41 Å². The molecule has 2 heterocycles. The molecule has 23 heavy (non-hydrogen) atoms. The van der Waals surface area contributed by atoms with Crippen LogP contribution in [0.4, 0.5) is 0 Å². The van der Waals surface area contributed by atoms with Crippen LogP contribution in [0.25, 0.3) is 0 Å². The van der Waals surface area contributed by atoms with Crippen molar-refractivity contribution < 1.29 is 26.4 Å². The van der Waals surface area contributed by atoms with Crippen molar-refractivity contribution in [3.63, 3.8) is 0 Å². The topological polar surface area (TPSA) is 97.8 Å². The van der Waals surface area contributed by atoms with Gasteiger partial charge in [-0.05, 0) is 32.1 Å². The summed E-state index contributed by atoms with van der Waals surface area (Å²) in [5.41, 5.74) is 0. The number of unbranched alkanes of at least 4 members (excludes halogenated alkanes) is 2. The number of sulfone groups is 2. The van der Waals surface area contributed by atoms with Crippen LogP contribution in [0, 0.1) is 0 Å². The fraction of sp³-hybridized carbons (Fsp3) is 0.929. The Kier molecular flexibility index (Phi) is 6.44. The summed E-state index contributed by atoms with van der Waals surface area (Å²) in [7, 11) is -5.87. The molecule has 0 saturated carbocycles. The zero-order valence-corrected chi connectivity index (χ0v) is 14.9. The molecule has 2 saturated heterocycles. The molecule has 2 rings (SSSR count). The molecule has 0 aromatic heterocycles. The molecule has 1 amide bonds. The number of amides is 1. The normalized spacial score (nSPS) is 28.7. The molecule has 7 nitrogen and oxygen atoms in total. The Morgan fingerprint density at radius 3 is 2.22 bits per heavy atom. The lowest BCUT2D eigenvalue weighted by molar-refractivity contribution is -0.119. The molecule has 0 spiro atoms. The van der Waals surface area contributed by atoms with Crippen LogP contribution in [0.15, 0.2) is 0 Å². The highest BCUT2D eigenvalue weighted by Gasteiger charge is 2.31. The summed E-state index contributed by atoms with van der Waals surface area (Å²) in [6, 6.07) is -0.183. The maximum absolute atomic E-state index is 11.4. The molecule has 0 aliphatic carbocycles. The molecule has 9 heteroatoms. The quantitative estimate of drug-likeness (QED) is 0.420. The van der Waals surface area contributed by atoms with E-state index in [0.29, 0.717) is 26.0 Å². The number of hydrogen-bond acceptors (Lipinski definition) is 6. The van der Waals surface area contributed by atoms with Crippen molar-refractivity contribution in [1.82, 2.24) is 4.90 Å². The highest BCUT2D eigenvalue weighted by Crippen LogP contribution is 2.18. The molecule has 134 valence electrons. The van der Waals surface area contributed by atoms with E-state index in [1.165, 1.54) is 0 Å². The molecule has 2 atom stereocenters. The third-order valence-electron chi connectivity index (χ3n) is 4.42. The lowest BCUT2D eigenvalue weighted by atomic mass is 10.2. The predicted molar refractivity (Wildman–Crippen MR) is 86.7 cm³/mol. The first-order valence-corrected chi connectivity index (χ1v) is 11.7. The summed E-state index contributed by atoms with van der Waals surface area (Å²) in [4.78, 5) is 12.7. The number of carbonyl (C=O) groups excluding carboxylic acids is 1. The first-order chi connectivity index (χ1) is 10.8. The predicted octanol–water partition coefficient (Wildman–Crippen LogP) is 0.00590. The summed E-state index contributed by atoms with van der Waals surface area (Å²) in [5.74, 6) is 0.587. The molecule has 0 N–H and O–H groups in total. The van der Waals surface area contributed by atoms with Crippen molar-refractivity contribution in [2.75, 3.05) is 36.2 Å². The fourth-order valence-electron chi connectivity index (χ4n) is 3.07. The Morgan fingerprint density at radius 1 is 0.957 bits per heavy atom. The van der Waals surface area contributed by atoms with Crippen LogP contribution < -0.4 is 0 Å². The molecule has 2 aliphatic rings. The highest BCUT2D eigenvalue weighted by molar-refractivity contribution is 7.91. The Bertz CT molecular complexity index is 601. The lowest BCUT2D eigenvalue weighted by Gasteiger charge is -2.23. The zero-order chi connectivity index (χ0) is 16.9. The monoisotopic (exact) mass is 367 g/mol. The van der Waals surface area contributed by atoms with Crippen LogP contribution >= 0.6 is 0 Å². The SMILES string of the molecule is O=CN(CCCCCOC1CCS(=O)(=O)C1)C1CCS(=O)(=O)C1. The third-order valence-corrected chi connectivity index (χ3v) is 7.91. The second-order valence-electron chi connectivity index (χ2n) is 6.36. The van der Waals surface area contributed by atoms with Gasteiger partial charge in [-0.3, -0.25) is 4.79 Å². The molecule has 0 aromatic rings. The lowest BCUT2D eigenvalue weighted by Crippen LogP contribution is -2.35. The van der Waals surface area contributed by atoms with Crippen molar-refractivity contribution in [3.05, 3.63) is 0 Å². The largest absolute Gasteiger partial charge is 0.377 e. The van der Waals surface area contributed by atoms with Gasteiger partial charge in [0.25, 0.3) is 0 Å². The molecule has 2 fully saturated rings. The average Bonchev–Trinajstić information content (AvgIpc) is 3.00. The summed E-state index contributed by atoms with van der Waals surface area (Å²) in [6.07, 6.45) is 4.15. The number of hydrogen-bond donors (Lipinski definition) is 0. The highest BCUT2D eigenvalue weighted by atomic mass is 32.2. The van der Waals surface area contributed by atoms with E-state index < -0.39 is 19.7 Å². The second-order valence-corrected chi connectivity index (χ2v) is 10.8. The van der Waals surface area contributed by atoms with Crippen LogP contribution in [-0.2, 0) is 29.2 Å². The van der Waals surface area contributed by atoms with Crippen molar-refractivity contribution in [2.45, 2.75) is 44.2 Å². The third kappa shape index (κ3) is 6.04. The minimum Gasteiger partial charge on any atom is -0.377 e. The Labute approximate surface area is 138 Å². The zero-order valence-electron chi connectivity index (χ0n) is 13.2. The van der Waals surface area contributed by atoms with Gasteiger partial charge in [0.1, 0.15) is 0 Å². The van der Waals surface area contributed by atoms with Gasteiger partial charge in [-0.2, -0.15) is 0 Å². The van der Waals surface area contributed by atoms with Crippen LogP contribution in [0.5, 0.6) is 0 Å². The molecule has 2 aliphatic heterocycles. The van der Waals surface area contributed by atoms with E-state index in [0.717, 1.165) is 25.7 Å². The van der Waals surface area contributed by atoms with Gasteiger partial charge in [-0.25, -0.2) is 16.8 Å². The van der Waals surface area contributed by atoms with Crippen LogP contribution in [0.1, 0.15) is 32.1 Å². The summed E-state index contributed by atoms with van der Waals surface area (Å²) in [5, 5.41) is 0. The Morgan fingerprint density at radius 2 is 1.65 bits per heavy atom. The van der Waals surface area contributed by atoms with Gasteiger partial charge in [0, 0.05) is 19.2 Å². The van der Waals surface area contributed by atoms with Crippen LogP contribution in [0.3, 0.4) is 0 Å². The van der Waals surface area contributed by atoms with Crippen LogP contribution in [0.2, 0.25) is 0 Å². The van der Waals surface area contributed by atoms with E-state index in [-0.39, 0.29) is 35.2 Å². The van der Waals surface area contributed by atoms with Crippen LogP contribution in [-0.4, -0.2) is 76.5 Å². The van der Waals surface area contributed by atoms with E-state index in [9.17, 15) is 21.6 Å². The van der Waals surface area contributed by atoms with E-state index in [4.69, 9.17) is 4.74 Å². The fourth-order valence-corrected chi connectivity index (χ4v) is 6.43. The van der Waals surface area contributed by atoms with Gasteiger partial charge in [-0.15, -0.1) is 0 Å². The minimum absolute atomic E-state index is 0.0744. The van der Waals surface area contributed by atoms with Crippen molar-refractivity contribution in [1.29, 1.82) is 0 Å². The molecule has 0 bridgehead atoms. The van der Waals surface area contributed by atoms with Crippen molar-refractivity contribution >= 4 is 26.1 Å². The average molecular weight is 367 g/mol. The molecule has 0 aromatic carbocycles. The van der Waals surface area contributed by atoms with Gasteiger partial charge in [0.05, 0.1) is 29.1 Å². The summed E-state index contributed by atoms with van der Waals surface area (Å²) < 4.78 is 51.0. The maximum atomic E-state index is 11.4. The Balaban J connectivity index is 1.57. The van der Waals surface area contributed by atoms with E-state index in [1.807, 2.05) is 0 Å². The van der Waals surface area contributed by atoms with E-state index in [2.05, 4.69) is 0 Å². The molecule has 2 unspecified atom stereocenters. The maximum Gasteiger partial charge on any atom is 0.209 e. The van der Waals surface area contributed by atoms with E-state index >= 15 is 0 Å². The van der Waals surface area contributed by atoms with Gasteiger partial charge in [0.15, 0.2) is 19.7 Å². The van der Waals surface area contributed by atoms with Crippen molar-refractivity contribution in [2.24, 2.45) is 0 Å². The second kappa shape index (κ2) is 7.94. The number of rotatable bonds is 9. The van der Waals surface area contributed by atoms with Crippen molar-refractivity contribution in [3.8, 4) is 0 Å². The minimum atomic E-state index is -2.98. The Hall–Kier alpha value is -0.670. The van der Waals surface area contributed by atoms with Gasteiger partial charge < -0.3 is 9.64 Å². The van der Waals surface area contributed by atoms with Gasteiger partial charge in [-0.1, -0.05) is 0 Å². The number of carbonyl (C=O) groups is 1. The first-order valence-electron chi connectivity index (χ1n) is 8.05.